The van der Waals surface area contributed by atoms with E-state index in [2.05, 4.69) is 49.5 Å². The third-order valence-electron chi connectivity index (χ3n) is 3.05. The zero-order valence-electron chi connectivity index (χ0n) is 9.49. The Bertz CT molecular complexity index is 308. The molecule has 0 aromatic heterocycles. The minimum atomic E-state index is 0.263. The van der Waals surface area contributed by atoms with Crippen molar-refractivity contribution < 1.29 is 0 Å². The van der Waals surface area contributed by atoms with E-state index in [1.807, 2.05) is 11.8 Å². The van der Waals surface area contributed by atoms with Crippen molar-refractivity contribution in [2.24, 2.45) is 0 Å². The van der Waals surface area contributed by atoms with E-state index in [1.54, 1.807) is 0 Å². The van der Waals surface area contributed by atoms with Crippen LogP contribution in [0.15, 0.2) is 35.2 Å². The van der Waals surface area contributed by atoms with Crippen LogP contribution in [0.25, 0.3) is 0 Å². The van der Waals surface area contributed by atoms with E-state index < -0.39 is 0 Å². The molecule has 1 heterocycles. The lowest BCUT2D eigenvalue weighted by molar-refractivity contribution is 0.315. The molecule has 1 fully saturated rings. The van der Waals surface area contributed by atoms with Gasteiger partial charge in [-0.15, -0.1) is 11.8 Å². The highest BCUT2D eigenvalue weighted by atomic mass is 32.2. The lowest BCUT2D eigenvalue weighted by Crippen LogP contribution is -2.51. The molecule has 1 saturated heterocycles. The first-order chi connectivity index (χ1) is 7.18. The van der Waals surface area contributed by atoms with Gasteiger partial charge in [0.2, 0.25) is 0 Å². The van der Waals surface area contributed by atoms with Crippen molar-refractivity contribution in [2.45, 2.75) is 42.4 Å². The van der Waals surface area contributed by atoms with Gasteiger partial charge >= 0.3 is 0 Å². The van der Waals surface area contributed by atoms with Crippen LogP contribution < -0.4 is 5.32 Å². The van der Waals surface area contributed by atoms with Crippen molar-refractivity contribution in [3.63, 3.8) is 0 Å². The summed E-state index contributed by atoms with van der Waals surface area (Å²) in [5.41, 5.74) is 0.263. The average Bonchev–Trinajstić information content (AvgIpc) is 2.23. The van der Waals surface area contributed by atoms with Crippen LogP contribution in [-0.4, -0.2) is 17.3 Å². The molecule has 0 radical (unpaired) electrons. The predicted octanol–water partition coefficient (Wildman–Crippen LogP) is 3.31. The van der Waals surface area contributed by atoms with Gasteiger partial charge in [0.1, 0.15) is 0 Å². The molecular formula is C13H19NS. The van der Waals surface area contributed by atoms with Gasteiger partial charge in [0, 0.05) is 15.7 Å². The van der Waals surface area contributed by atoms with Crippen LogP contribution in [0.1, 0.15) is 26.7 Å². The number of rotatable bonds is 2. The number of hydrogen-bond donors (Lipinski definition) is 1. The van der Waals surface area contributed by atoms with E-state index in [1.165, 1.54) is 24.3 Å². The number of piperidine rings is 1. The van der Waals surface area contributed by atoms with Gasteiger partial charge in [-0.2, -0.15) is 0 Å². The lowest BCUT2D eigenvalue weighted by Gasteiger charge is -2.39. The molecule has 1 N–H and O–H groups in total. The van der Waals surface area contributed by atoms with Crippen LogP contribution in [0.4, 0.5) is 0 Å². The zero-order valence-corrected chi connectivity index (χ0v) is 10.3. The fraction of sp³-hybridized carbons (Fsp3) is 0.538. The number of thioether (sulfide) groups is 1. The van der Waals surface area contributed by atoms with E-state index in [0.29, 0.717) is 5.25 Å². The van der Waals surface area contributed by atoms with Gasteiger partial charge in [0.05, 0.1) is 0 Å². The molecule has 0 aliphatic carbocycles. The molecule has 1 aliphatic heterocycles. The van der Waals surface area contributed by atoms with E-state index in [0.717, 1.165) is 0 Å². The SMILES string of the molecule is CC1(C)NCCC[C@H]1Sc1ccccc1. The van der Waals surface area contributed by atoms with E-state index in [9.17, 15) is 0 Å². The minimum Gasteiger partial charge on any atom is -0.311 e. The smallest absolute Gasteiger partial charge is 0.0272 e. The van der Waals surface area contributed by atoms with E-state index in [-0.39, 0.29) is 5.54 Å². The summed E-state index contributed by atoms with van der Waals surface area (Å²) in [4.78, 5) is 1.39. The summed E-state index contributed by atoms with van der Waals surface area (Å²) in [6.45, 7) is 5.79. The summed E-state index contributed by atoms with van der Waals surface area (Å²) in [5, 5.41) is 4.30. The van der Waals surface area contributed by atoms with Gasteiger partial charge in [0.25, 0.3) is 0 Å². The number of nitrogens with one attached hydrogen (secondary N) is 1. The molecule has 15 heavy (non-hydrogen) atoms. The minimum absolute atomic E-state index is 0.263. The van der Waals surface area contributed by atoms with Crippen molar-refractivity contribution in [1.82, 2.24) is 5.32 Å². The Morgan fingerprint density at radius 1 is 1.27 bits per heavy atom. The van der Waals surface area contributed by atoms with Gasteiger partial charge in [-0.3, -0.25) is 0 Å². The first-order valence-electron chi connectivity index (χ1n) is 5.65. The Morgan fingerprint density at radius 2 is 2.00 bits per heavy atom. The molecule has 1 aromatic carbocycles. The molecule has 0 unspecified atom stereocenters. The molecule has 0 saturated carbocycles. The molecule has 2 heteroatoms. The highest BCUT2D eigenvalue weighted by Gasteiger charge is 2.32. The molecular weight excluding hydrogens is 202 g/mol. The highest BCUT2D eigenvalue weighted by molar-refractivity contribution is 8.00. The summed E-state index contributed by atoms with van der Waals surface area (Å²) < 4.78 is 0. The van der Waals surface area contributed by atoms with Crippen LogP contribution in [-0.2, 0) is 0 Å². The standard InChI is InChI=1S/C13H19NS/c1-13(2)12(9-6-10-14-13)15-11-7-4-3-5-8-11/h3-5,7-8,12,14H,6,9-10H2,1-2H3/t12-/m1/s1. The van der Waals surface area contributed by atoms with Gasteiger partial charge < -0.3 is 5.32 Å². The van der Waals surface area contributed by atoms with Crippen molar-refractivity contribution in [3.05, 3.63) is 30.3 Å². The topological polar surface area (TPSA) is 12.0 Å². The fourth-order valence-electron chi connectivity index (χ4n) is 2.04. The molecule has 1 aromatic rings. The summed E-state index contributed by atoms with van der Waals surface area (Å²) in [6.07, 6.45) is 2.62. The van der Waals surface area contributed by atoms with Crippen LogP contribution in [0.2, 0.25) is 0 Å². The van der Waals surface area contributed by atoms with Crippen LogP contribution in [0, 0.1) is 0 Å². The largest absolute Gasteiger partial charge is 0.311 e. The second-order valence-electron chi connectivity index (χ2n) is 4.71. The maximum atomic E-state index is 3.61. The van der Waals surface area contributed by atoms with Crippen LogP contribution >= 0.6 is 11.8 Å². The molecule has 1 atom stereocenters. The van der Waals surface area contributed by atoms with Crippen LogP contribution in [0.3, 0.4) is 0 Å². The van der Waals surface area contributed by atoms with Crippen LogP contribution in [0.5, 0.6) is 0 Å². The highest BCUT2D eigenvalue weighted by Crippen LogP contribution is 2.35. The van der Waals surface area contributed by atoms with Gasteiger partial charge in [-0.1, -0.05) is 18.2 Å². The average molecular weight is 221 g/mol. The van der Waals surface area contributed by atoms with E-state index >= 15 is 0 Å². The quantitative estimate of drug-likeness (QED) is 0.822. The zero-order chi connectivity index (χ0) is 10.7. The molecule has 1 nitrogen and oxygen atoms in total. The normalized spacial score (nSPS) is 25.1. The third kappa shape index (κ3) is 2.76. The Hall–Kier alpha value is -0.470. The van der Waals surface area contributed by atoms with Gasteiger partial charge in [0.15, 0.2) is 0 Å². The molecule has 0 spiro atoms. The fourth-order valence-corrected chi connectivity index (χ4v) is 3.35. The summed E-state index contributed by atoms with van der Waals surface area (Å²) in [6, 6.07) is 10.7. The second kappa shape index (κ2) is 4.58. The van der Waals surface area contributed by atoms with Crippen molar-refractivity contribution in [2.75, 3.05) is 6.54 Å². The first-order valence-corrected chi connectivity index (χ1v) is 6.53. The monoisotopic (exact) mass is 221 g/mol. The van der Waals surface area contributed by atoms with E-state index in [4.69, 9.17) is 0 Å². The molecule has 82 valence electrons. The summed E-state index contributed by atoms with van der Waals surface area (Å²) >= 11 is 2.01. The molecule has 0 bridgehead atoms. The van der Waals surface area contributed by atoms with Crippen molar-refractivity contribution in [1.29, 1.82) is 0 Å². The number of benzene rings is 1. The third-order valence-corrected chi connectivity index (χ3v) is 4.70. The Balaban J connectivity index is 2.05. The maximum absolute atomic E-state index is 3.61. The molecule has 2 rings (SSSR count). The Labute approximate surface area is 96.7 Å². The lowest BCUT2D eigenvalue weighted by atomic mass is 9.93. The summed E-state index contributed by atoms with van der Waals surface area (Å²) in [7, 11) is 0. The summed E-state index contributed by atoms with van der Waals surface area (Å²) in [5.74, 6) is 0. The maximum Gasteiger partial charge on any atom is 0.0272 e. The first kappa shape index (κ1) is 11.0. The number of hydrogen-bond acceptors (Lipinski definition) is 2. The predicted molar refractivity (Wildman–Crippen MR) is 67.4 cm³/mol. The molecule has 0 amide bonds. The molecule has 1 aliphatic rings. The van der Waals surface area contributed by atoms with Gasteiger partial charge in [-0.05, 0) is 45.4 Å². The Kier molecular flexibility index (Phi) is 3.37. The van der Waals surface area contributed by atoms with Crippen molar-refractivity contribution >= 4 is 11.8 Å². The Morgan fingerprint density at radius 3 is 2.67 bits per heavy atom. The van der Waals surface area contributed by atoms with Crippen molar-refractivity contribution in [3.8, 4) is 0 Å². The van der Waals surface area contributed by atoms with Gasteiger partial charge in [-0.25, -0.2) is 0 Å². The second-order valence-corrected chi connectivity index (χ2v) is 5.99.